The molecule has 0 bridgehead atoms. The number of nitrogens with one attached hydrogen (secondary N) is 1. The summed E-state index contributed by atoms with van der Waals surface area (Å²) in [5.41, 5.74) is -0.0123. The normalized spacial score (nSPS) is 20.9. The molecular formula is C14H24N4OS. The summed E-state index contributed by atoms with van der Waals surface area (Å²) in [7, 11) is 0. The average Bonchev–Trinajstić information content (AvgIpc) is 2.99. The van der Waals surface area contributed by atoms with Gasteiger partial charge in [-0.05, 0) is 50.7 Å². The van der Waals surface area contributed by atoms with Gasteiger partial charge in [-0.3, -0.25) is 9.69 Å². The molecule has 1 atom stereocenters. The van der Waals surface area contributed by atoms with Crippen molar-refractivity contribution >= 4 is 17.4 Å². The van der Waals surface area contributed by atoms with Crippen molar-refractivity contribution in [1.82, 2.24) is 19.8 Å². The predicted molar refractivity (Wildman–Crippen MR) is 80.9 cm³/mol. The van der Waals surface area contributed by atoms with Gasteiger partial charge >= 0.3 is 0 Å². The van der Waals surface area contributed by atoms with Crippen LogP contribution in [0.4, 0.5) is 0 Å². The van der Waals surface area contributed by atoms with E-state index in [-0.39, 0.29) is 11.4 Å². The van der Waals surface area contributed by atoms with Gasteiger partial charge in [0, 0.05) is 18.6 Å². The van der Waals surface area contributed by atoms with Crippen LogP contribution in [0, 0.1) is 5.92 Å². The molecule has 1 fully saturated rings. The van der Waals surface area contributed by atoms with Gasteiger partial charge in [-0.2, -0.15) is 0 Å². The Morgan fingerprint density at radius 1 is 1.60 bits per heavy atom. The van der Waals surface area contributed by atoms with E-state index in [4.69, 9.17) is 0 Å². The van der Waals surface area contributed by atoms with E-state index < -0.39 is 0 Å². The van der Waals surface area contributed by atoms with Gasteiger partial charge in [0.2, 0.25) is 0 Å². The monoisotopic (exact) mass is 296 g/mol. The second-order valence-electron chi connectivity index (χ2n) is 6.14. The van der Waals surface area contributed by atoms with E-state index in [9.17, 15) is 4.79 Å². The van der Waals surface area contributed by atoms with Crippen molar-refractivity contribution < 1.29 is 4.79 Å². The van der Waals surface area contributed by atoms with E-state index in [1.165, 1.54) is 25.5 Å². The fourth-order valence-corrected chi connectivity index (χ4v) is 3.14. The summed E-state index contributed by atoms with van der Waals surface area (Å²) >= 11 is 1.13. The topological polar surface area (TPSA) is 58.1 Å². The number of hydrogen-bond acceptors (Lipinski definition) is 5. The zero-order valence-electron chi connectivity index (χ0n) is 12.6. The molecule has 0 radical (unpaired) electrons. The maximum atomic E-state index is 12.0. The Labute approximate surface area is 124 Å². The van der Waals surface area contributed by atoms with Crippen LogP contribution in [-0.4, -0.2) is 45.6 Å². The molecule has 1 saturated heterocycles. The zero-order valence-corrected chi connectivity index (χ0v) is 13.4. The highest BCUT2D eigenvalue weighted by molar-refractivity contribution is 7.07. The third kappa shape index (κ3) is 3.76. The van der Waals surface area contributed by atoms with Gasteiger partial charge in [-0.15, -0.1) is 5.10 Å². The molecule has 1 N–H and O–H groups in total. The largest absolute Gasteiger partial charge is 0.349 e. The maximum absolute atomic E-state index is 12.0. The highest BCUT2D eigenvalue weighted by Gasteiger charge is 2.31. The molecule has 5 nitrogen and oxygen atoms in total. The first kappa shape index (κ1) is 15.4. The Kier molecular flexibility index (Phi) is 5.10. The SMILES string of the molecule is CCC1CCCN(C(C)(C)CNC(=O)c2cnns2)C1. The van der Waals surface area contributed by atoms with Gasteiger partial charge in [-0.1, -0.05) is 17.8 Å². The minimum Gasteiger partial charge on any atom is -0.349 e. The maximum Gasteiger partial charge on any atom is 0.264 e. The molecule has 0 saturated carbocycles. The van der Waals surface area contributed by atoms with Crippen LogP contribution >= 0.6 is 11.5 Å². The predicted octanol–water partition coefficient (Wildman–Crippen LogP) is 2.17. The summed E-state index contributed by atoms with van der Waals surface area (Å²) in [4.78, 5) is 15.0. The minimum atomic E-state index is -0.0721. The first-order valence-corrected chi connectivity index (χ1v) is 8.11. The summed E-state index contributed by atoms with van der Waals surface area (Å²) in [6.45, 7) is 9.59. The Balaban J connectivity index is 1.88. The highest BCUT2D eigenvalue weighted by Crippen LogP contribution is 2.25. The van der Waals surface area contributed by atoms with Gasteiger partial charge in [0.25, 0.3) is 5.91 Å². The standard InChI is InChI=1S/C14H24N4OS/c1-4-11-6-5-7-18(9-11)14(2,3)10-15-13(19)12-8-16-17-20-12/h8,11H,4-7,9-10H2,1-3H3,(H,15,19). The molecular weight excluding hydrogens is 272 g/mol. The van der Waals surface area contributed by atoms with Gasteiger partial charge in [0.05, 0.1) is 6.20 Å². The highest BCUT2D eigenvalue weighted by atomic mass is 32.1. The summed E-state index contributed by atoms with van der Waals surface area (Å²) in [6.07, 6.45) is 5.35. The van der Waals surface area contributed by atoms with Crippen molar-refractivity contribution in [3.63, 3.8) is 0 Å². The second-order valence-corrected chi connectivity index (χ2v) is 6.93. The number of rotatable bonds is 5. The molecule has 2 heterocycles. The number of aromatic nitrogens is 2. The third-order valence-corrected chi connectivity index (χ3v) is 4.88. The van der Waals surface area contributed by atoms with Crippen LogP contribution in [0.1, 0.15) is 49.7 Å². The van der Waals surface area contributed by atoms with E-state index in [0.29, 0.717) is 11.4 Å². The number of carbonyl (C=O) groups is 1. The molecule has 0 aliphatic carbocycles. The molecule has 112 valence electrons. The van der Waals surface area contributed by atoms with Crippen LogP contribution in [0.5, 0.6) is 0 Å². The molecule has 0 spiro atoms. The van der Waals surface area contributed by atoms with Crippen molar-refractivity contribution in [2.24, 2.45) is 5.92 Å². The lowest BCUT2D eigenvalue weighted by Gasteiger charge is -2.43. The number of amides is 1. The lowest BCUT2D eigenvalue weighted by atomic mass is 9.91. The van der Waals surface area contributed by atoms with Crippen molar-refractivity contribution in [2.75, 3.05) is 19.6 Å². The summed E-state index contributed by atoms with van der Waals surface area (Å²) < 4.78 is 3.72. The molecule has 1 unspecified atom stereocenters. The van der Waals surface area contributed by atoms with Crippen LogP contribution in [0.25, 0.3) is 0 Å². The average molecular weight is 296 g/mol. The number of piperidine rings is 1. The number of carbonyl (C=O) groups excluding carboxylic acids is 1. The molecule has 1 aromatic rings. The Bertz CT molecular complexity index is 432. The van der Waals surface area contributed by atoms with Crippen molar-refractivity contribution in [3.8, 4) is 0 Å². The van der Waals surface area contributed by atoms with Crippen molar-refractivity contribution in [3.05, 3.63) is 11.1 Å². The summed E-state index contributed by atoms with van der Waals surface area (Å²) in [6, 6.07) is 0. The lowest BCUT2D eigenvalue weighted by Crippen LogP contribution is -2.54. The van der Waals surface area contributed by atoms with Crippen LogP contribution in [-0.2, 0) is 0 Å². The van der Waals surface area contributed by atoms with E-state index in [0.717, 1.165) is 30.5 Å². The quantitative estimate of drug-likeness (QED) is 0.904. The lowest BCUT2D eigenvalue weighted by molar-refractivity contribution is 0.0613. The van der Waals surface area contributed by atoms with Gasteiger partial charge in [-0.25, -0.2) is 0 Å². The zero-order chi connectivity index (χ0) is 14.6. The Hall–Kier alpha value is -1.01. The first-order valence-electron chi connectivity index (χ1n) is 7.33. The summed E-state index contributed by atoms with van der Waals surface area (Å²) in [5, 5.41) is 6.70. The fourth-order valence-electron chi connectivity index (χ4n) is 2.71. The van der Waals surface area contributed by atoms with Crippen LogP contribution in [0.2, 0.25) is 0 Å². The number of likely N-dealkylation sites (tertiary alicyclic amines) is 1. The molecule has 0 aromatic carbocycles. The third-order valence-electron chi connectivity index (χ3n) is 4.22. The van der Waals surface area contributed by atoms with Crippen molar-refractivity contribution in [2.45, 2.75) is 45.6 Å². The van der Waals surface area contributed by atoms with Crippen LogP contribution in [0.3, 0.4) is 0 Å². The van der Waals surface area contributed by atoms with Crippen LogP contribution < -0.4 is 5.32 Å². The molecule has 1 aliphatic rings. The minimum absolute atomic E-state index is 0.0123. The number of hydrogen-bond donors (Lipinski definition) is 1. The molecule has 2 rings (SSSR count). The molecule has 20 heavy (non-hydrogen) atoms. The Morgan fingerprint density at radius 3 is 3.05 bits per heavy atom. The number of nitrogens with zero attached hydrogens (tertiary/aromatic N) is 3. The molecule has 1 aromatic heterocycles. The first-order chi connectivity index (χ1) is 9.53. The summed E-state index contributed by atoms with van der Waals surface area (Å²) in [5.74, 6) is 0.724. The molecule has 1 amide bonds. The van der Waals surface area contributed by atoms with E-state index in [1.807, 2.05) is 0 Å². The van der Waals surface area contributed by atoms with E-state index >= 15 is 0 Å². The molecule has 1 aliphatic heterocycles. The van der Waals surface area contributed by atoms with Crippen LogP contribution in [0.15, 0.2) is 6.20 Å². The van der Waals surface area contributed by atoms with E-state index in [1.54, 1.807) is 0 Å². The van der Waals surface area contributed by atoms with Gasteiger partial charge in [0.15, 0.2) is 0 Å². The van der Waals surface area contributed by atoms with Gasteiger partial charge < -0.3 is 5.32 Å². The fraction of sp³-hybridized carbons (Fsp3) is 0.786. The van der Waals surface area contributed by atoms with E-state index in [2.05, 4.69) is 40.6 Å². The second kappa shape index (κ2) is 6.63. The van der Waals surface area contributed by atoms with Crippen molar-refractivity contribution in [1.29, 1.82) is 0 Å². The molecule has 6 heteroatoms. The Morgan fingerprint density at radius 2 is 2.40 bits per heavy atom. The van der Waals surface area contributed by atoms with Gasteiger partial charge in [0.1, 0.15) is 4.88 Å². The smallest absolute Gasteiger partial charge is 0.264 e.